The Morgan fingerprint density at radius 2 is 1.77 bits per heavy atom. The Morgan fingerprint density at radius 1 is 1.03 bits per heavy atom. The molecular weight excluding hydrogens is 456 g/mol. The van der Waals surface area contributed by atoms with E-state index in [1.165, 1.54) is 0 Å². The zero-order chi connectivity index (χ0) is 22.0. The maximum absolute atomic E-state index is 13.0. The second-order valence-corrected chi connectivity index (χ2v) is 8.00. The number of halogens is 1. The summed E-state index contributed by atoms with van der Waals surface area (Å²) < 4.78 is 7.92. The van der Waals surface area contributed by atoms with E-state index in [-0.39, 0.29) is 5.82 Å². The van der Waals surface area contributed by atoms with E-state index >= 15 is 0 Å². The number of aromatic nitrogens is 3. The standard InChI is InChI=1S/C24H21BrN4O2/c1-15-6-4-9-21(16(15)2)29-23(17-10-12-18(25)13-11-17)27-22(28-29)24(30)26-19-7-5-8-20(14-19)31-3/h4-14H,1-3H3,(H,26,30). The van der Waals surface area contributed by atoms with Gasteiger partial charge >= 0.3 is 0 Å². The number of aryl methyl sites for hydroxylation is 1. The molecule has 31 heavy (non-hydrogen) atoms. The minimum atomic E-state index is -0.393. The van der Waals surface area contributed by atoms with Gasteiger partial charge in [0.25, 0.3) is 5.91 Å². The Kier molecular flexibility index (Phi) is 5.86. The maximum atomic E-state index is 13.0. The van der Waals surface area contributed by atoms with Crippen LogP contribution >= 0.6 is 15.9 Å². The van der Waals surface area contributed by atoms with Gasteiger partial charge in [0, 0.05) is 21.8 Å². The predicted molar refractivity (Wildman–Crippen MR) is 125 cm³/mol. The molecule has 0 aliphatic heterocycles. The molecule has 1 amide bonds. The second-order valence-electron chi connectivity index (χ2n) is 7.08. The van der Waals surface area contributed by atoms with Crippen molar-refractivity contribution in [1.82, 2.24) is 14.8 Å². The third-order valence-electron chi connectivity index (χ3n) is 5.04. The van der Waals surface area contributed by atoms with Crippen LogP contribution in [0, 0.1) is 13.8 Å². The van der Waals surface area contributed by atoms with Crippen LogP contribution in [0.4, 0.5) is 5.69 Å². The Bertz CT molecular complexity index is 1250. The van der Waals surface area contributed by atoms with Gasteiger partial charge in [0.1, 0.15) is 5.75 Å². The van der Waals surface area contributed by atoms with Crippen molar-refractivity contribution in [2.45, 2.75) is 13.8 Å². The van der Waals surface area contributed by atoms with Crippen LogP contribution in [0.1, 0.15) is 21.7 Å². The summed E-state index contributed by atoms with van der Waals surface area (Å²) in [6, 6.07) is 20.9. The molecule has 3 aromatic carbocycles. The van der Waals surface area contributed by atoms with Crippen molar-refractivity contribution in [2.75, 3.05) is 12.4 Å². The number of amides is 1. The number of rotatable bonds is 5. The van der Waals surface area contributed by atoms with E-state index in [9.17, 15) is 4.79 Å². The van der Waals surface area contributed by atoms with Gasteiger partial charge in [-0.1, -0.05) is 46.3 Å². The highest BCUT2D eigenvalue weighted by molar-refractivity contribution is 9.10. The van der Waals surface area contributed by atoms with Crippen LogP contribution in [0.5, 0.6) is 5.75 Å². The number of nitrogens with zero attached hydrogens (tertiary/aromatic N) is 3. The van der Waals surface area contributed by atoms with Gasteiger partial charge in [0.2, 0.25) is 5.82 Å². The molecule has 0 aliphatic carbocycles. The summed E-state index contributed by atoms with van der Waals surface area (Å²) in [7, 11) is 1.58. The van der Waals surface area contributed by atoms with E-state index in [0.29, 0.717) is 17.3 Å². The summed E-state index contributed by atoms with van der Waals surface area (Å²) in [5.41, 5.74) is 4.56. The largest absolute Gasteiger partial charge is 0.497 e. The fourth-order valence-corrected chi connectivity index (χ4v) is 3.48. The quantitative estimate of drug-likeness (QED) is 0.408. The molecule has 0 atom stereocenters. The first-order valence-corrected chi connectivity index (χ1v) is 10.5. The number of hydrogen-bond donors (Lipinski definition) is 1. The van der Waals surface area contributed by atoms with Crippen LogP contribution in [-0.4, -0.2) is 27.8 Å². The maximum Gasteiger partial charge on any atom is 0.295 e. The first kappa shape index (κ1) is 20.8. The molecule has 6 nitrogen and oxygen atoms in total. The molecule has 0 unspecified atom stereocenters. The lowest BCUT2D eigenvalue weighted by atomic mass is 10.1. The van der Waals surface area contributed by atoms with Crippen molar-refractivity contribution in [3.8, 4) is 22.8 Å². The van der Waals surface area contributed by atoms with Crippen molar-refractivity contribution < 1.29 is 9.53 Å². The van der Waals surface area contributed by atoms with Crippen LogP contribution in [-0.2, 0) is 0 Å². The number of benzene rings is 3. The summed E-state index contributed by atoms with van der Waals surface area (Å²) in [4.78, 5) is 17.5. The fourth-order valence-electron chi connectivity index (χ4n) is 3.21. The molecule has 1 N–H and O–H groups in total. The van der Waals surface area contributed by atoms with Crippen molar-refractivity contribution in [3.05, 3.63) is 88.2 Å². The Hall–Kier alpha value is -3.45. The van der Waals surface area contributed by atoms with Crippen molar-refractivity contribution in [3.63, 3.8) is 0 Å². The first-order valence-electron chi connectivity index (χ1n) is 9.71. The Labute approximate surface area is 189 Å². The number of methoxy groups -OCH3 is 1. The molecule has 1 aromatic heterocycles. The highest BCUT2D eigenvalue weighted by Gasteiger charge is 2.20. The molecule has 0 fully saturated rings. The second kappa shape index (κ2) is 8.73. The molecule has 7 heteroatoms. The van der Waals surface area contributed by atoms with E-state index in [4.69, 9.17) is 4.74 Å². The molecule has 4 rings (SSSR count). The van der Waals surface area contributed by atoms with E-state index in [0.717, 1.165) is 26.9 Å². The Balaban J connectivity index is 1.78. The van der Waals surface area contributed by atoms with Crippen LogP contribution < -0.4 is 10.1 Å². The average Bonchev–Trinajstić information content (AvgIpc) is 3.21. The third kappa shape index (κ3) is 4.36. The summed E-state index contributed by atoms with van der Waals surface area (Å²) in [5, 5.41) is 7.42. The molecule has 1 heterocycles. The summed E-state index contributed by atoms with van der Waals surface area (Å²) >= 11 is 3.46. The molecule has 0 spiro atoms. The van der Waals surface area contributed by atoms with Gasteiger partial charge in [-0.15, -0.1) is 5.10 Å². The van der Waals surface area contributed by atoms with Gasteiger partial charge in [-0.05, 0) is 55.3 Å². The van der Waals surface area contributed by atoms with Crippen molar-refractivity contribution >= 4 is 27.5 Å². The summed E-state index contributed by atoms with van der Waals surface area (Å²) in [6.07, 6.45) is 0. The predicted octanol–water partition coefficient (Wildman–Crippen LogP) is 5.57. The highest BCUT2D eigenvalue weighted by atomic mass is 79.9. The fraction of sp³-hybridized carbons (Fsp3) is 0.125. The first-order chi connectivity index (χ1) is 15.0. The molecule has 156 valence electrons. The van der Waals surface area contributed by atoms with Gasteiger partial charge in [-0.25, -0.2) is 9.67 Å². The summed E-state index contributed by atoms with van der Waals surface area (Å²) in [5.74, 6) is 0.941. The average molecular weight is 477 g/mol. The molecule has 0 saturated carbocycles. The number of ether oxygens (including phenoxy) is 1. The van der Waals surface area contributed by atoms with Crippen molar-refractivity contribution in [1.29, 1.82) is 0 Å². The minimum Gasteiger partial charge on any atom is -0.497 e. The SMILES string of the molecule is COc1cccc(NC(=O)c2nc(-c3ccc(Br)cc3)n(-c3cccc(C)c3C)n2)c1. The van der Waals surface area contributed by atoms with Gasteiger partial charge in [0.15, 0.2) is 5.82 Å². The van der Waals surface area contributed by atoms with E-state index in [2.05, 4.69) is 31.3 Å². The van der Waals surface area contributed by atoms with Crippen LogP contribution in [0.15, 0.2) is 71.2 Å². The van der Waals surface area contributed by atoms with E-state index in [1.54, 1.807) is 23.9 Å². The van der Waals surface area contributed by atoms with E-state index < -0.39 is 5.91 Å². The number of carbonyl (C=O) groups is 1. The number of hydrogen-bond acceptors (Lipinski definition) is 4. The lowest BCUT2D eigenvalue weighted by Crippen LogP contribution is -2.14. The zero-order valence-electron chi connectivity index (χ0n) is 17.4. The van der Waals surface area contributed by atoms with Gasteiger partial charge in [-0.2, -0.15) is 0 Å². The molecule has 0 aliphatic rings. The van der Waals surface area contributed by atoms with Crippen LogP contribution in [0.2, 0.25) is 0 Å². The zero-order valence-corrected chi connectivity index (χ0v) is 19.0. The number of nitrogens with one attached hydrogen (secondary N) is 1. The van der Waals surface area contributed by atoms with E-state index in [1.807, 2.05) is 68.4 Å². The number of anilines is 1. The smallest absolute Gasteiger partial charge is 0.295 e. The van der Waals surface area contributed by atoms with Gasteiger partial charge in [0.05, 0.1) is 12.8 Å². The van der Waals surface area contributed by atoms with Crippen molar-refractivity contribution in [2.24, 2.45) is 0 Å². The molecule has 0 bridgehead atoms. The van der Waals surface area contributed by atoms with Crippen LogP contribution in [0.25, 0.3) is 17.1 Å². The Morgan fingerprint density at radius 3 is 2.52 bits per heavy atom. The lowest BCUT2D eigenvalue weighted by molar-refractivity contribution is 0.101. The molecular formula is C24H21BrN4O2. The van der Waals surface area contributed by atoms with Gasteiger partial charge < -0.3 is 10.1 Å². The third-order valence-corrected chi connectivity index (χ3v) is 5.57. The minimum absolute atomic E-state index is 0.0849. The lowest BCUT2D eigenvalue weighted by Gasteiger charge is -2.11. The molecule has 0 radical (unpaired) electrons. The number of carbonyl (C=O) groups excluding carboxylic acids is 1. The molecule has 4 aromatic rings. The van der Waals surface area contributed by atoms with Gasteiger partial charge in [-0.3, -0.25) is 4.79 Å². The topological polar surface area (TPSA) is 69.0 Å². The monoisotopic (exact) mass is 476 g/mol. The summed E-state index contributed by atoms with van der Waals surface area (Å²) in [6.45, 7) is 4.08. The normalized spacial score (nSPS) is 10.7. The highest BCUT2D eigenvalue weighted by Crippen LogP contribution is 2.26. The van der Waals surface area contributed by atoms with Crippen LogP contribution in [0.3, 0.4) is 0 Å². The molecule has 0 saturated heterocycles.